The Morgan fingerprint density at radius 1 is 1.31 bits per heavy atom. The lowest BCUT2D eigenvalue weighted by atomic mass is 10.2. The molecular formula is C12H24N2O2. The third-order valence-electron chi connectivity index (χ3n) is 2.88. The van der Waals surface area contributed by atoms with Crippen LogP contribution >= 0.6 is 0 Å². The van der Waals surface area contributed by atoms with E-state index in [1.165, 1.54) is 0 Å². The Hall–Kier alpha value is -0.610. The standard InChI is InChI=1S/C12H24N2O2/c1-8(2)6-14-12(16)9(3)13-7-11(15)10-4-5-10/h8-11,13,15H,4-7H2,1-3H3,(H,14,16). The fourth-order valence-corrected chi connectivity index (χ4v) is 1.50. The zero-order chi connectivity index (χ0) is 12.1. The number of rotatable bonds is 7. The van der Waals surface area contributed by atoms with Crippen molar-refractivity contribution in [3.05, 3.63) is 0 Å². The Kier molecular flexibility index (Phi) is 5.22. The minimum absolute atomic E-state index is 0.0108. The fourth-order valence-electron chi connectivity index (χ4n) is 1.50. The zero-order valence-electron chi connectivity index (χ0n) is 10.5. The van der Waals surface area contributed by atoms with E-state index in [-0.39, 0.29) is 18.1 Å². The SMILES string of the molecule is CC(C)CNC(=O)C(C)NCC(O)C1CC1. The second-order valence-electron chi connectivity index (χ2n) is 5.17. The number of hydrogen-bond donors (Lipinski definition) is 3. The Bertz CT molecular complexity index is 227. The van der Waals surface area contributed by atoms with E-state index in [2.05, 4.69) is 24.5 Å². The molecule has 4 nitrogen and oxygen atoms in total. The van der Waals surface area contributed by atoms with E-state index < -0.39 is 0 Å². The van der Waals surface area contributed by atoms with Crippen molar-refractivity contribution in [2.45, 2.75) is 45.8 Å². The first-order valence-corrected chi connectivity index (χ1v) is 6.20. The van der Waals surface area contributed by atoms with Crippen molar-refractivity contribution in [3.63, 3.8) is 0 Å². The van der Waals surface area contributed by atoms with Gasteiger partial charge in [-0.1, -0.05) is 13.8 Å². The molecule has 0 bridgehead atoms. The number of carbonyl (C=O) groups excluding carboxylic acids is 1. The molecule has 0 spiro atoms. The van der Waals surface area contributed by atoms with Crippen LogP contribution in [0, 0.1) is 11.8 Å². The van der Waals surface area contributed by atoms with Crippen LogP contribution in [0.1, 0.15) is 33.6 Å². The lowest BCUT2D eigenvalue weighted by Crippen LogP contribution is -2.45. The molecule has 0 aliphatic heterocycles. The highest BCUT2D eigenvalue weighted by molar-refractivity contribution is 5.81. The maximum absolute atomic E-state index is 11.6. The van der Waals surface area contributed by atoms with E-state index in [1.807, 2.05) is 6.92 Å². The molecule has 0 aromatic rings. The summed E-state index contributed by atoms with van der Waals surface area (Å²) in [6.45, 7) is 7.18. The van der Waals surface area contributed by atoms with E-state index in [4.69, 9.17) is 0 Å². The molecular weight excluding hydrogens is 204 g/mol. The van der Waals surface area contributed by atoms with Gasteiger partial charge in [0.15, 0.2) is 0 Å². The van der Waals surface area contributed by atoms with Gasteiger partial charge in [0, 0.05) is 13.1 Å². The number of aliphatic hydroxyl groups excluding tert-OH is 1. The van der Waals surface area contributed by atoms with E-state index in [0.717, 1.165) is 12.8 Å². The smallest absolute Gasteiger partial charge is 0.236 e. The normalized spacial score (nSPS) is 19.6. The predicted molar refractivity (Wildman–Crippen MR) is 64.0 cm³/mol. The van der Waals surface area contributed by atoms with Crippen LogP contribution in [0.4, 0.5) is 0 Å². The first-order chi connectivity index (χ1) is 7.50. The van der Waals surface area contributed by atoms with Crippen LogP contribution in [0.25, 0.3) is 0 Å². The summed E-state index contributed by atoms with van der Waals surface area (Å²) < 4.78 is 0. The molecule has 1 fully saturated rings. The molecule has 0 heterocycles. The maximum atomic E-state index is 11.6. The molecule has 4 heteroatoms. The topological polar surface area (TPSA) is 61.4 Å². The quantitative estimate of drug-likeness (QED) is 0.595. The summed E-state index contributed by atoms with van der Waals surface area (Å²) in [6, 6.07) is -0.229. The van der Waals surface area contributed by atoms with Gasteiger partial charge < -0.3 is 15.7 Å². The lowest BCUT2D eigenvalue weighted by molar-refractivity contribution is -0.123. The fraction of sp³-hybridized carbons (Fsp3) is 0.917. The lowest BCUT2D eigenvalue weighted by Gasteiger charge is -2.17. The summed E-state index contributed by atoms with van der Waals surface area (Å²) in [5.74, 6) is 0.934. The van der Waals surface area contributed by atoms with Crippen molar-refractivity contribution in [2.24, 2.45) is 11.8 Å². The minimum atomic E-state index is -0.291. The van der Waals surface area contributed by atoms with Crippen LogP contribution in [-0.2, 0) is 4.79 Å². The summed E-state index contributed by atoms with van der Waals surface area (Å²) in [6.07, 6.45) is 1.95. The van der Waals surface area contributed by atoms with Crippen molar-refractivity contribution in [1.82, 2.24) is 10.6 Å². The van der Waals surface area contributed by atoms with Gasteiger partial charge in [0.05, 0.1) is 12.1 Å². The molecule has 1 amide bonds. The molecule has 1 rings (SSSR count). The molecule has 1 saturated carbocycles. The van der Waals surface area contributed by atoms with Crippen LogP contribution in [0.15, 0.2) is 0 Å². The molecule has 2 unspecified atom stereocenters. The van der Waals surface area contributed by atoms with Gasteiger partial charge in [-0.05, 0) is 31.6 Å². The van der Waals surface area contributed by atoms with Gasteiger partial charge in [-0.15, -0.1) is 0 Å². The second kappa shape index (κ2) is 6.21. The molecule has 0 saturated heterocycles. The molecule has 16 heavy (non-hydrogen) atoms. The van der Waals surface area contributed by atoms with Gasteiger partial charge in [0.1, 0.15) is 0 Å². The van der Waals surface area contributed by atoms with E-state index >= 15 is 0 Å². The Morgan fingerprint density at radius 3 is 2.44 bits per heavy atom. The Morgan fingerprint density at radius 2 is 1.94 bits per heavy atom. The van der Waals surface area contributed by atoms with Gasteiger partial charge in [-0.2, -0.15) is 0 Å². The van der Waals surface area contributed by atoms with Crippen LogP contribution in [0.3, 0.4) is 0 Å². The first kappa shape index (κ1) is 13.5. The summed E-state index contributed by atoms with van der Waals surface area (Å²) in [7, 11) is 0. The van der Waals surface area contributed by atoms with E-state index in [1.54, 1.807) is 0 Å². The van der Waals surface area contributed by atoms with Crippen molar-refractivity contribution >= 4 is 5.91 Å². The molecule has 0 aromatic heterocycles. The van der Waals surface area contributed by atoms with Crippen molar-refractivity contribution < 1.29 is 9.90 Å². The highest BCUT2D eigenvalue weighted by Crippen LogP contribution is 2.32. The highest BCUT2D eigenvalue weighted by Gasteiger charge is 2.29. The third-order valence-corrected chi connectivity index (χ3v) is 2.88. The maximum Gasteiger partial charge on any atom is 0.236 e. The first-order valence-electron chi connectivity index (χ1n) is 6.20. The number of carbonyl (C=O) groups is 1. The van der Waals surface area contributed by atoms with Crippen molar-refractivity contribution in [3.8, 4) is 0 Å². The highest BCUT2D eigenvalue weighted by atomic mass is 16.3. The second-order valence-corrected chi connectivity index (χ2v) is 5.17. The summed E-state index contributed by atoms with van der Waals surface area (Å²) in [5, 5.41) is 15.6. The molecule has 1 aliphatic carbocycles. The minimum Gasteiger partial charge on any atom is -0.392 e. The van der Waals surface area contributed by atoms with Crippen molar-refractivity contribution in [2.75, 3.05) is 13.1 Å². The number of aliphatic hydroxyl groups is 1. The van der Waals surface area contributed by atoms with E-state index in [0.29, 0.717) is 24.9 Å². The largest absolute Gasteiger partial charge is 0.392 e. The monoisotopic (exact) mass is 228 g/mol. The van der Waals surface area contributed by atoms with Crippen LogP contribution in [-0.4, -0.2) is 36.2 Å². The summed E-state index contributed by atoms with van der Waals surface area (Å²) >= 11 is 0. The van der Waals surface area contributed by atoms with Crippen LogP contribution < -0.4 is 10.6 Å². The Balaban J connectivity index is 2.12. The van der Waals surface area contributed by atoms with E-state index in [9.17, 15) is 9.90 Å². The molecule has 2 atom stereocenters. The molecule has 3 N–H and O–H groups in total. The number of amides is 1. The van der Waals surface area contributed by atoms with Gasteiger partial charge >= 0.3 is 0 Å². The Labute approximate surface area is 97.8 Å². The number of nitrogens with one attached hydrogen (secondary N) is 2. The average Bonchev–Trinajstić information content (AvgIpc) is 3.05. The molecule has 0 radical (unpaired) electrons. The predicted octanol–water partition coefficient (Wildman–Crippen LogP) is 0.508. The van der Waals surface area contributed by atoms with Crippen molar-refractivity contribution in [1.29, 1.82) is 0 Å². The molecule has 94 valence electrons. The van der Waals surface area contributed by atoms with Crippen LogP contribution in [0.5, 0.6) is 0 Å². The number of hydrogen-bond acceptors (Lipinski definition) is 3. The van der Waals surface area contributed by atoms with Gasteiger partial charge in [-0.25, -0.2) is 0 Å². The van der Waals surface area contributed by atoms with Gasteiger partial charge in [0.25, 0.3) is 0 Å². The zero-order valence-corrected chi connectivity index (χ0v) is 10.5. The third kappa shape index (κ3) is 4.94. The van der Waals surface area contributed by atoms with Crippen LogP contribution in [0.2, 0.25) is 0 Å². The average molecular weight is 228 g/mol. The molecule has 0 aromatic carbocycles. The van der Waals surface area contributed by atoms with Gasteiger partial charge in [0.2, 0.25) is 5.91 Å². The molecule has 1 aliphatic rings. The summed E-state index contributed by atoms with van der Waals surface area (Å²) in [4.78, 5) is 11.6. The van der Waals surface area contributed by atoms with Gasteiger partial charge in [-0.3, -0.25) is 4.79 Å². The summed E-state index contributed by atoms with van der Waals surface area (Å²) in [5.41, 5.74) is 0.